The van der Waals surface area contributed by atoms with E-state index >= 15 is 0 Å². The van der Waals surface area contributed by atoms with Gasteiger partial charge in [0.15, 0.2) is 0 Å². The molecule has 1 saturated carbocycles. The predicted octanol–water partition coefficient (Wildman–Crippen LogP) is 2.72. The number of carbonyl (C=O) groups excluding carboxylic acids is 2. The molecule has 8 nitrogen and oxygen atoms in total. The van der Waals surface area contributed by atoms with E-state index in [1.807, 2.05) is 13.8 Å². The number of hydrogen-bond acceptors (Lipinski definition) is 5. The zero-order valence-electron chi connectivity index (χ0n) is 20.1. The molecule has 0 unspecified atom stereocenters. The maximum Gasteiger partial charge on any atom is 0.332 e. The molecule has 3 rings (SSSR count). The van der Waals surface area contributed by atoms with Crippen molar-refractivity contribution in [3.8, 4) is 0 Å². The second kappa shape index (κ2) is 11.1. The van der Waals surface area contributed by atoms with Gasteiger partial charge < -0.3 is 10.6 Å². The monoisotopic (exact) mass is 476 g/mol. The number of amides is 2. The molecular formula is C24H36N4O4S. The number of aromatic nitrogens is 2. The Bertz CT molecular complexity index is 1090. The third-order valence-corrected chi connectivity index (χ3v) is 7.16. The van der Waals surface area contributed by atoms with Crippen molar-refractivity contribution in [2.45, 2.75) is 78.9 Å². The molecule has 1 aliphatic carbocycles. The van der Waals surface area contributed by atoms with Crippen molar-refractivity contribution in [1.29, 1.82) is 0 Å². The fraction of sp³-hybridized carbons (Fsp3) is 0.667. The first-order valence-electron chi connectivity index (χ1n) is 11.9. The van der Waals surface area contributed by atoms with Gasteiger partial charge in [-0.25, -0.2) is 4.79 Å². The van der Waals surface area contributed by atoms with Gasteiger partial charge in [0, 0.05) is 25.0 Å². The van der Waals surface area contributed by atoms with E-state index in [9.17, 15) is 19.2 Å². The summed E-state index contributed by atoms with van der Waals surface area (Å²) in [4.78, 5) is 51.1. The van der Waals surface area contributed by atoms with Crippen molar-refractivity contribution in [2.75, 3.05) is 6.54 Å². The van der Waals surface area contributed by atoms with Crippen LogP contribution < -0.4 is 21.9 Å². The molecular weight excluding hydrogens is 440 g/mol. The first kappa shape index (κ1) is 25.2. The number of nitrogens with one attached hydrogen (secondary N) is 2. The molecule has 0 radical (unpaired) electrons. The number of rotatable bonds is 9. The molecule has 1 aliphatic rings. The van der Waals surface area contributed by atoms with Crippen LogP contribution in [0.3, 0.4) is 0 Å². The van der Waals surface area contributed by atoms with Crippen LogP contribution >= 0.6 is 11.3 Å². The minimum absolute atomic E-state index is 0.00120. The van der Waals surface area contributed by atoms with Gasteiger partial charge in [0.2, 0.25) is 11.8 Å². The number of thiophene rings is 1. The SMILES string of the molecule is CC(C)CCNC(=O)C1CCC(Cn2c(=O)c3sccc3n(CC(=O)NC(C)C)c2=O)CC1. The maximum atomic E-state index is 13.2. The highest BCUT2D eigenvalue weighted by atomic mass is 32.1. The molecule has 0 atom stereocenters. The number of nitrogens with zero attached hydrogens (tertiary/aromatic N) is 2. The van der Waals surface area contributed by atoms with Crippen LogP contribution in [-0.2, 0) is 22.7 Å². The average molecular weight is 477 g/mol. The molecule has 33 heavy (non-hydrogen) atoms. The van der Waals surface area contributed by atoms with Crippen molar-refractivity contribution in [1.82, 2.24) is 19.8 Å². The number of fused-ring (bicyclic) bond motifs is 1. The summed E-state index contributed by atoms with van der Waals surface area (Å²) in [6.45, 7) is 8.91. The van der Waals surface area contributed by atoms with E-state index < -0.39 is 5.69 Å². The Morgan fingerprint density at radius 2 is 1.79 bits per heavy atom. The maximum absolute atomic E-state index is 13.2. The normalized spacial score (nSPS) is 18.7. The molecule has 2 N–H and O–H groups in total. The second-order valence-corrected chi connectivity index (χ2v) is 10.7. The van der Waals surface area contributed by atoms with Gasteiger partial charge in [0.25, 0.3) is 5.56 Å². The standard InChI is InChI=1S/C24H36N4O4S/c1-15(2)9-11-25-22(30)18-7-5-17(6-8-18)13-28-23(31)21-19(10-12-33-21)27(24(28)32)14-20(29)26-16(3)4/h10,12,15-18H,5-9,11,13-14H2,1-4H3,(H,25,30)(H,26,29). The van der Waals surface area contributed by atoms with Gasteiger partial charge in [0.05, 0.1) is 5.52 Å². The molecule has 0 aromatic carbocycles. The van der Waals surface area contributed by atoms with Gasteiger partial charge in [0.1, 0.15) is 11.2 Å². The highest BCUT2D eigenvalue weighted by Crippen LogP contribution is 2.30. The van der Waals surface area contributed by atoms with Crippen LogP contribution in [0.25, 0.3) is 10.2 Å². The fourth-order valence-electron chi connectivity index (χ4n) is 4.45. The average Bonchev–Trinajstić information content (AvgIpc) is 3.24. The third-order valence-electron chi connectivity index (χ3n) is 6.27. The highest BCUT2D eigenvalue weighted by Gasteiger charge is 2.27. The Morgan fingerprint density at radius 3 is 2.42 bits per heavy atom. The topological polar surface area (TPSA) is 102 Å². The van der Waals surface area contributed by atoms with Crippen molar-refractivity contribution < 1.29 is 9.59 Å². The summed E-state index contributed by atoms with van der Waals surface area (Å²) in [5, 5.41) is 7.62. The van der Waals surface area contributed by atoms with Crippen LogP contribution in [0.15, 0.2) is 21.0 Å². The van der Waals surface area contributed by atoms with Crippen LogP contribution in [0.5, 0.6) is 0 Å². The molecule has 1 fully saturated rings. The van der Waals surface area contributed by atoms with Gasteiger partial charge in [-0.2, -0.15) is 0 Å². The van der Waals surface area contributed by atoms with Crippen LogP contribution in [0.2, 0.25) is 0 Å². The molecule has 2 heterocycles. The summed E-state index contributed by atoms with van der Waals surface area (Å²) < 4.78 is 3.18. The van der Waals surface area contributed by atoms with E-state index in [1.165, 1.54) is 20.5 Å². The van der Waals surface area contributed by atoms with Crippen molar-refractivity contribution in [3.63, 3.8) is 0 Å². The van der Waals surface area contributed by atoms with Crippen LogP contribution in [0.1, 0.15) is 59.8 Å². The third kappa shape index (κ3) is 6.34. The molecule has 0 saturated heterocycles. The largest absolute Gasteiger partial charge is 0.356 e. The predicted molar refractivity (Wildman–Crippen MR) is 132 cm³/mol. The van der Waals surface area contributed by atoms with Crippen molar-refractivity contribution >= 4 is 33.4 Å². The highest BCUT2D eigenvalue weighted by molar-refractivity contribution is 7.17. The van der Waals surface area contributed by atoms with E-state index in [0.29, 0.717) is 29.2 Å². The zero-order chi connectivity index (χ0) is 24.1. The summed E-state index contributed by atoms with van der Waals surface area (Å²) in [6, 6.07) is 1.69. The summed E-state index contributed by atoms with van der Waals surface area (Å²) in [5.41, 5.74) is -0.232. The summed E-state index contributed by atoms with van der Waals surface area (Å²) in [6.07, 6.45) is 4.09. The lowest BCUT2D eigenvalue weighted by atomic mass is 9.81. The molecule has 2 aromatic rings. The quantitative estimate of drug-likeness (QED) is 0.581. The van der Waals surface area contributed by atoms with E-state index in [-0.39, 0.29) is 41.8 Å². The van der Waals surface area contributed by atoms with Gasteiger partial charge in [-0.1, -0.05) is 13.8 Å². The Morgan fingerprint density at radius 1 is 1.09 bits per heavy atom. The van der Waals surface area contributed by atoms with Crippen molar-refractivity contribution in [2.24, 2.45) is 17.8 Å². The first-order chi connectivity index (χ1) is 15.7. The summed E-state index contributed by atoms with van der Waals surface area (Å²) in [5.74, 6) is 0.575. The molecule has 2 aromatic heterocycles. The smallest absolute Gasteiger partial charge is 0.332 e. The lowest BCUT2D eigenvalue weighted by Gasteiger charge is -2.28. The van der Waals surface area contributed by atoms with E-state index in [0.717, 1.165) is 32.1 Å². The Balaban J connectivity index is 1.71. The first-order valence-corrected chi connectivity index (χ1v) is 12.8. The van der Waals surface area contributed by atoms with E-state index in [4.69, 9.17) is 0 Å². The van der Waals surface area contributed by atoms with E-state index in [2.05, 4.69) is 24.5 Å². The van der Waals surface area contributed by atoms with E-state index in [1.54, 1.807) is 11.4 Å². The summed E-state index contributed by atoms with van der Waals surface area (Å²) in [7, 11) is 0. The minimum atomic E-state index is -0.446. The Kier molecular flexibility index (Phi) is 8.51. The molecule has 0 aliphatic heterocycles. The Labute approximate surface area is 198 Å². The number of carbonyl (C=O) groups is 2. The molecule has 0 bridgehead atoms. The van der Waals surface area contributed by atoms with Crippen LogP contribution in [-0.4, -0.2) is 33.5 Å². The molecule has 182 valence electrons. The van der Waals surface area contributed by atoms with Gasteiger partial charge >= 0.3 is 5.69 Å². The molecule has 9 heteroatoms. The molecule has 2 amide bonds. The second-order valence-electron chi connectivity index (χ2n) is 9.83. The lowest BCUT2D eigenvalue weighted by molar-refractivity contribution is -0.126. The zero-order valence-corrected chi connectivity index (χ0v) is 20.9. The number of hydrogen-bond donors (Lipinski definition) is 2. The van der Waals surface area contributed by atoms with Crippen LogP contribution in [0, 0.1) is 17.8 Å². The lowest BCUT2D eigenvalue weighted by Crippen LogP contribution is -2.44. The van der Waals surface area contributed by atoms with Crippen LogP contribution in [0.4, 0.5) is 0 Å². The Hall–Kier alpha value is -2.42. The summed E-state index contributed by atoms with van der Waals surface area (Å²) >= 11 is 1.29. The molecule has 0 spiro atoms. The fourth-order valence-corrected chi connectivity index (χ4v) is 5.30. The van der Waals surface area contributed by atoms with Gasteiger partial charge in [-0.05, 0) is 69.2 Å². The van der Waals surface area contributed by atoms with Gasteiger partial charge in [-0.15, -0.1) is 11.3 Å². The van der Waals surface area contributed by atoms with Gasteiger partial charge in [-0.3, -0.25) is 23.5 Å². The minimum Gasteiger partial charge on any atom is -0.356 e. The van der Waals surface area contributed by atoms with Crippen molar-refractivity contribution in [3.05, 3.63) is 32.3 Å².